The number of phenolic OH excluding ortho intramolecular Hbond substituents is 1. The molecule has 3 rings (SSSR count). The summed E-state index contributed by atoms with van der Waals surface area (Å²) in [6.07, 6.45) is 0.226. The van der Waals surface area contributed by atoms with Crippen LogP contribution in [0.1, 0.15) is 70.2 Å². The molecule has 3 aromatic rings. The standard InChI is InChI=1S/C30H36O4/c1-29(2,3)23-17-24(21-12-14-26(31)22(16-21)13-15-27(32)33)28(25(18-23)30(4,5)6)34-19-20-10-8-7-9-11-20/h7-12,14,16-18,31H,13,15,19H2,1-6H3,(H,32,33). The van der Waals surface area contributed by atoms with E-state index in [1.165, 1.54) is 5.56 Å². The molecular weight excluding hydrogens is 424 g/mol. The molecule has 0 atom stereocenters. The van der Waals surface area contributed by atoms with E-state index in [0.717, 1.165) is 28.0 Å². The number of aromatic hydroxyl groups is 1. The fourth-order valence-electron chi connectivity index (χ4n) is 3.91. The van der Waals surface area contributed by atoms with Crippen LogP contribution in [0, 0.1) is 0 Å². The zero-order chi connectivity index (χ0) is 25.1. The normalized spacial score (nSPS) is 11.9. The number of benzene rings is 3. The molecule has 3 aromatic carbocycles. The van der Waals surface area contributed by atoms with Crippen molar-refractivity contribution in [3.8, 4) is 22.6 Å². The molecule has 0 unspecified atom stereocenters. The Hall–Kier alpha value is -3.27. The van der Waals surface area contributed by atoms with Gasteiger partial charge in [-0.15, -0.1) is 0 Å². The Bertz CT molecular complexity index is 1150. The van der Waals surface area contributed by atoms with E-state index in [1.807, 2.05) is 42.5 Å². The molecule has 0 aliphatic rings. The Balaban J connectivity index is 2.20. The Kier molecular flexibility index (Phi) is 7.40. The summed E-state index contributed by atoms with van der Waals surface area (Å²) in [6.45, 7) is 13.6. The van der Waals surface area contributed by atoms with Crippen LogP contribution in [-0.4, -0.2) is 16.2 Å². The van der Waals surface area contributed by atoms with Gasteiger partial charge in [0, 0.05) is 17.5 Å². The second kappa shape index (κ2) is 9.92. The first-order valence-corrected chi connectivity index (χ1v) is 11.8. The maximum absolute atomic E-state index is 11.1. The highest BCUT2D eigenvalue weighted by Crippen LogP contribution is 2.44. The number of carbonyl (C=O) groups is 1. The molecule has 0 spiro atoms. The fourth-order valence-corrected chi connectivity index (χ4v) is 3.91. The predicted molar refractivity (Wildman–Crippen MR) is 138 cm³/mol. The Morgan fingerprint density at radius 3 is 2.15 bits per heavy atom. The average Bonchev–Trinajstić information content (AvgIpc) is 2.76. The van der Waals surface area contributed by atoms with Gasteiger partial charge in [-0.05, 0) is 57.7 Å². The van der Waals surface area contributed by atoms with Crippen LogP contribution >= 0.6 is 0 Å². The van der Waals surface area contributed by atoms with Crippen molar-refractivity contribution >= 4 is 5.97 Å². The van der Waals surface area contributed by atoms with Gasteiger partial charge in [0.25, 0.3) is 0 Å². The lowest BCUT2D eigenvalue weighted by molar-refractivity contribution is -0.136. The highest BCUT2D eigenvalue weighted by Gasteiger charge is 2.27. The molecule has 34 heavy (non-hydrogen) atoms. The predicted octanol–water partition coefficient (Wildman–Crippen LogP) is 7.25. The number of rotatable bonds is 7. The SMILES string of the molecule is CC(C)(C)c1cc(-c2ccc(O)c(CCC(=O)O)c2)c(OCc2ccccc2)c(C(C)(C)C)c1. The van der Waals surface area contributed by atoms with Crippen LogP contribution in [0.3, 0.4) is 0 Å². The largest absolute Gasteiger partial charge is 0.508 e. The van der Waals surface area contributed by atoms with Gasteiger partial charge in [-0.25, -0.2) is 0 Å². The smallest absolute Gasteiger partial charge is 0.303 e. The maximum atomic E-state index is 11.1. The summed E-state index contributed by atoms with van der Waals surface area (Å²) in [5, 5.41) is 19.5. The molecule has 0 heterocycles. The summed E-state index contributed by atoms with van der Waals surface area (Å²) < 4.78 is 6.51. The number of hydrogen-bond acceptors (Lipinski definition) is 3. The summed E-state index contributed by atoms with van der Waals surface area (Å²) in [5.74, 6) is 0.0421. The lowest BCUT2D eigenvalue weighted by atomic mass is 9.78. The first kappa shape index (κ1) is 25.4. The molecule has 0 radical (unpaired) electrons. The Labute approximate surface area is 203 Å². The van der Waals surface area contributed by atoms with E-state index in [2.05, 4.69) is 53.7 Å². The lowest BCUT2D eigenvalue weighted by Crippen LogP contribution is -2.18. The monoisotopic (exact) mass is 460 g/mol. The second-order valence-electron chi connectivity index (χ2n) is 10.9. The molecule has 2 N–H and O–H groups in total. The molecule has 0 fully saturated rings. The third-order valence-corrected chi connectivity index (χ3v) is 5.99. The van der Waals surface area contributed by atoms with Gasteiger partial charge in [-0.2, -0.15) is 0 Å². The highest BCUT2D eigenvalue weighted by atomic mass is 16.5. The van der Waals surface area contributed by atoms with Crippen molar-refractivity contribution in [1.29, 1.82) is 0 Å². The van der Waals surface area contributed by atoms with Gasteiger partial charge in [0.1, 0.15) is 18.1 Å². The second-order valence-corrected chi connectivity index (χ2v) is 10.9. The molecule has 0 amide bonds. The molecule has 0 bridgehead atoms. The molecule has 4 heteroatoms. The maximum Gasteiger partial charge on any atom is 0.303 e. The van der Waals surface area contributed by atoms with Crippen molar-refractivity contribution in [2.45, 2.75) is 71.8 Å². The van der Waals surface area contributed by atoms with E-state index < -0.39 is 5.97 Å². The van der Waals surface area contributed by atoms with Crippen LogP contribution in [0.25, 0.3) is 11.1 Å². The van der Waals surface area contributed by atoms with E-state index in [-0.39, 0.29) is 29.4 Å². The van der Waals surface area contributed by atoms with Crippen LogP contribution in [-0.2, 0) is 28.7 Å². The van der Waals surface area contributed by atoms with Gasteiger partial charge in [-0.1, -0.05) is 84.0 Å². The average molecular weight is 461 g/mol. The molecular formula is C30H36O4. The highest BCUT2D eigenvalue weighted by molar-refractivity contribution is 5.76. The minimum Gasteiger partial charge on any atom is -0.508 e. The molecule has 180 valence electrons. The van der Waals surface area contributed by atoms with Gasteiger partial charge in [0.05, 0.1) is 0 Å². The fraction of sp³-hybridized carbons (Fsp3) is 0.367. The van der Waals surface area contributed by atoms with E-state index in [4.69, 9.17) is 9.84 Å². The first-order valence-electron chi connectivity index (χ1n) is 11.8. The van der Waals surface area contributed by atoms with E-state index in [1.54, 1.807) is 6.07 Å². The van der Waals surface area contributed by atoms with Crippen molar-refractivity contribution in [2.75, 3.05) is 0 Å². The van der Waals surface area contributed by atoms with E-state index in [9.17, 15) is 9.90 Å². The Morgan fingerprint density at radius 2 is 1.56 bits per heavy atom. The topological polar surface area (TPSA) is 66.8 Å². The molecule has 0 saturated heterocycles. The quantitative estimate of drug-likeness (QED) is 0.390. The molecule has 0 aliphatic heterocycles. The number of carboxylic acids is 1. The number of aryl methyl sites for hydroxylation is 1. The number of hydrogen-bond donors (Lipinski definition) is 2. The van der Waals surface area contributed by atoms with Gasteiger partial charge in [0.15, 0.2) is 0 Å². The number of ether oxygens (including phenoxy) is 1. The lowest BCUT2D eigenvalue weighted by Gasteiger charge is -2.29. The van der Waals surface area contributed by atoms with Crippen molar-refractivity contribution in [3.63, 3.8) is 0 Å². The molecule has 4 nitrogen and oxygen atoms in total. The number of carboxylic acid groups (broad SMARTS) is 1. The van der Waals surface area contributed by atoms with Gasteiger partial charge in [0.2, 0.25) is 0 Å². The van der Waals surface area contributed by atoms with Gasteiger partial charge in [-0.3, -0.25) is 4.79 Å². The van der Waals surface area contributed by atoms with Crippen LogP contribution in [0.5, 0.6) is 11.5 Å². The van der Waals surface area contributed by atoms with Crippen molar-refractivity contribution < 1.29 is 19.7 Å². The third kappa shape index (κ3) is 6.19. The molecule has 0 aliphatic carbocycles. The minimum absolute atomic E-state index is 0.0380. The minimum atomic E-state index is -0.888. The van der Waals surface area contributed by atoms with E-state index >= 15 is 0 Å². The first-order chi connectivity index (χ1) is 15.9. The summed E-state index contributed by atoms with van der Waals surface area (Å²) in [4.78, 5) is 11.1. The number of phenols is 1. The number of aliphatic carboxylic acids is 1. The van der Waals surface area contributed by atoms with E-state index in [0.29, 0.717) is 12.2 Å². The van der Waals surface area contributed by atoms with Crippen molar-refractivity contribution in [1.82, 2.24) is 0 Å². The molecule has 0 aromatic heterocycles. The summed E-state index contributed by atoms with van der Waals surface area (Å²) in [6, 6.07) is 19.9. The zero-order valence-corrected chi connectivity index (χ0v) is 21.1. The van der Waals surface area contributed by atoms with Crippen LogP contribution < -0.4 is 4.74 Å². The van der Waals surface area contributed by atoms with Crippen molar-refractivity contribution in [3.05, 3.63) is 82.9 Å². The van der Waals surface area contributed by atoms with Gasteiger partial charge >= 0.3 is 5.97 Å². The summed E-state index contributed by atoms with van der Waals surface area (Å²) >= 11 is 0. The zero-order valence-electron chi connectivity index (χ0n) is 21.1. The van der Waals surface area contributed by atoms with Gasteiger partial charge < -0.3 is 14.9 Å². The summed E-state index contributed by atoms with van der Waals surface area (Å²) in [7, 11) is 0. The van der Waals surface area contributed by atoms with Crippen LogP contribution in [0.4, 0.5) is 0 Å². The third-order valence-electron chi connectivity index (χ3n) is 5.99. The molecule has 0 saturated carbocycles. The summed E-state index contributed by atoms with van der Waals surface area (Å²) in [5.41, 5.74) is 5.63. The van der Waals surface area contributed by atoms with Crippen molar-refractivity contribution in [2.24, 2.45) is 0 Å². The van der Waals surface area contributed by atoms with Crippen LogP contribution in [0.2, 0.25) is 0 Å². The Morgan fingerprint density at radius 1 is 0.882 bits per heavy atom. The van der Waals surface area contributed by atoms with Crippen LogP contribution in [0.15, 0.2) is 60.7 Å².